The Morgan fingerprint density at radius 1 is 0.226 bits per heavy atom. The second-order valence-corrected chi connectivity index (χ2v) is 16.1. The molecule has 10 aromatic carbocycles. The van der Waals surface area contributed by atoms with Gasteiger partial charge in [0, 0.05) is 32.8 Å². The predicted molar refractivity (Wildman–Crippen MR) is 262 cm³/mol. The quantitative estimate of drug-likeness (QED) is 0.152. The molecule has 0 spiro atoms. The molecule has 2 aromatic heterocycles. The number of para-hydroxylation sites is 2. The zero-order valence-corrected chi connectivity index (χ0v) is 34.0. The van der Waals surface area contributed by atoms with E-state index in [2.05, 4.69) is 252 Å². The topological polar surface area (TPSA) is 9.86 Å². The van der Waals surface area contributed by atoms with Crippen molar-refractivity contribution in [3.05, 3.63) is 243 Å². The van der Waals surface area contributed by atoms with Gasteiger partial charge in [-0.25, -0.2) is 0 Å². The fraction of sp³-hybridized carbons (Fsp3) is 0. The Balaban J connectivity index is 1.20. The van der Waals surface area contributed by atoms with Gasteiger partial charge in [0.2, 0.25) is 0 Å². The average molecular weight is 789 g/mol. The molecule has 0 atom stereocenters. The van der Waals surface area contributed by atoms with Crippen molar-refractivity contribution in [1.29, 1.82) is 0 Å². The zero-order valence-electron chi connectivity index (χ0n) is 34.0. The summed E-state index contributed by atoms with van der Waals surface area (Å²) in [6.07, 6.45) is 0. The Labute approximate surface area is 360 Å². The number of hydrogen-bond donors (Lipinski definition) is 0. The van der Waals surface area contributed by atoms with E-state index < -0.39 is 0 Å². The van der Waals surface area contributed by atoms with Gasteiger partial charge in [0.1, 0.15) is 0 Å². The van der Waals surface area contributed by atoms with Crippen molar-refractivity contribution < 1.29 is 0 Å². The molecule has 0 aliphatic carbocycles. The Morgan fingerprint density at radius 2 is 0.677 bits per heavy atom. The van der Waals surface area contributed by atoms with E-state index in [0.717, 1.165) is 39.1 Å². The van der Waals surface area contributed by atoms with E-state index in [4.69, 9.17) is 0 Å². The fourth-order valence-corrected chi connectivity index (χ4v) is 9.63. The van der Waals surface area contributed by atoms with Gasteiger partial charge in [-0.1, -0.05) is 182 Å². The van der Waals surface area contributed by atoms with Gasteiger partial charge in [-0.05, 0) is 111 Å². The van der Waals surface area contributed by atoms with Crippen molar-refractivity contribution in [1.82, 2.24) is 9.13 Å². The number of nitrogens with zero attached hydrogens (tertiary/aromatic N) is 2. The van der Waals surface area contributed by atoms with Crippen molar-refractivity contribution in [2.45, 2.75) is 0 Å². The van der Waals surface area contributed by atoms with Gasteiger partial charge in [0.15, 0.2) is 0 Å². The minimum Gasteiger partial charge on any atom is -0.309 e. The highest BCUT2D eigenvalue weighted by Crippen LogP contribution is 2.46. The number of fused-ring (bicyclic) bond motifs is 6. The predicted octanol–water partition coefficient (Wildman–Crippen LogP) is 16.2. The molecule has 0 unspecified atom stereocenters. The third-order valence-corrected chi connectivity index (χ3v) is 12.5. The van der Waals surface area contributed by atoms with Gasteiger partial charge in [-0.15, -0.1) is 0 Å². The van der Waals surface area contributed by atoms with Crippen LogP contribution in [0.2, 0.25) is 0 Å². The molecule has 12 aromatic rings. The maximum Gasteiger partial charge on any atom is 0.0552 e. The first-order chi connectivity index (χ1) is 30.8. The largest absolute Gasteiger partial charge is 0.309 e. The first-order valence-electron chi connectivity index (χ1n) is 21.3. The van der Waals surface area contributed by atoms with Crippen LogP contribution in [-0.4, -0.2) is 9.13 Å². The Kier molecular flexibility index (Phi) is 8.53. The molecular formula is C60H40N2. The number of benzene rings is 10. The maximum atomic E-state index is 2.52. The van der Waals surface area contributed by atoms with Gasteiger partial charge >= 0.3 is 0 Å². The summed E-state index contributed by atoms with van der Waals surface area (Å²) in [7, 11) is 0. The van der Waals surface area contributed by atoms with E-state index in [-0.39, 0.29) is 0 Å². The first kappa shape index (κ1) is 35.7. The molecule has 0 aliphatic rings. The molecule has 0 radical (unpaired) electrons. The molecule has 12 rings (SSSR count). The zero-order chi connectivity index (χ0) is 41.0. The van der Waals surface area contributed by atoms with Crippen LogP contribution in [0.25, 0.3) is 111 Å². The van der Waals surface area contributed by atoms with Gasteiger partial charge < -0.3 is 9.13 Å². The second kappa shape index (κ2) is 14.8. The Hall–Kier alpha value is -8.20. The van der Waals surface area contributed by atoms with E-state index in [1.807, 2.05) is 0 Å². The van der Waals surface area contributed by atoms with Crippen LogP contribution < -0.4 is 0 Å². The average Bonchev–Trinajstić information content (AvgIpc) is 3.86. The summed E-state index contributed by atoms with van der Waals surface area (Å²) in [6, 6.07) is 88.7. The van der Waals surface area contributed by atoms with Crippen LogP contribution in [0.3, 0.4) is 0 Å². The highest BCUT2D eigenvalue weighted by molar-refractivity contribution is 6.14. The van der Waals surface area contributed by atoms with Gasteiger partial charge in [-0.3, -0.25) is 0 Å². The van der Waals surface area contributed by atoms with Crippen LogP contribution in [0.4, 0.5) is 0 Å². The standard InChI is InChI=1S/C60H40N2/c1-6-18-41(19-7-1)45-31-34-56-53(36-45)54-37-46(42-20-8-2-9-21-42)32-35-57(54)62(56)59-40-48(43-22-10-3-11-23-43)38-52(60(59)44-24-12-4-13-25-44)47-30-33-51-50-28-16-17-29-55(50)61(58(51)39-47)49-26-14-5-15-27-49/h1-40H. The molecule has 2 heteroatoms. The molecular weight excluding hydrogens is 749 g/mol. The third kappa shape index (κ3) is 5.96. The van der Waals surface area contributed by atoms with Crippen LogP contribution >= 0.6 is 0 Å². The lowest BCUT2D eigenvalue weighted by atomic mass is 9.88. The molecule has 0 saturated heterocycles. The van der Waals surface area contributed by atoms with Crippen molar-refractivity contribution in [3.63, 3.8) is 0 Å². The van der Waals surface area contributed by atoms with E-state index in [0.29, 0.717) is 0 Å². The highest BCUT2D eigenvalue weighted by atomic mass is 15.0. The maximum absolute atomic E-state index is 2.52. The van der Waals surface area contributed by atoms with E-state index in [1.54, 1.807) is 0 Å². The van der Waals surface area contributed by atoms with Gasteiger partial charge in [0.25, 0.3) is 0 Å². The molecule has 2 heterocycles. The lowest BCUT2D eigenvalue weighted by Gasteiger charge is -2.21. The normalized spacial score (nSPS) is 11.5. The summed E-state index contributed by atoms with van der Waals surface area (Å²) in [6.45, 7) is 0. The molecule has 290 valence electrons. The second-order valence-electron chi connectivity index (χ2n) is 16.1. The Morgan fingerprint density at radius 3 is 1.26 bits per heavy atom. The van der Waals surface area contributed by atoms with E-state index >= 15 is 0 Å². The van der Waals surface area contributed by atoms with Crippen LogP contribution in [0.5, 0.6) is 0 Å². The molecule has 0 bridgehead atoms. The third-order valence-electron chi connectivity index (χ3n) is 12.5. The molecule has 0 amide bonds. The first-order valence-corrected chi connectivity index (χ1v) is 21.3. The number of rotatable bonds is 7. The van der Waals surface area contributed by atoms with Crippen molar-refractivity contribution >= 4 is 43.6 Å². The molecule has 62 heavy (non-hydrogen) atoms. The number of aromatic nitrogens is 2. The smallest absolute Gasteiger partial charge is 0.0552 e. The summed E-state index contributed by atoms with van der Waals surface area (Å²) in [4.78, 5) is 0. The highest BCUT2D eigenvalue weighted by Gasteiger charge is 2.23. The summed E-state index contributed by atoms with van der Waals surface area (Å²) in [5.74, 6) is 0. The summed E-state index contributed by atoms with van der Waals surface area (Å²) < 4.78 is 4.94. The number of hydrogen-bond acceptors (Lipinski definition) is 0. The van der Waals surface area contributed by atoms with Crippen molar-refractivity contribution in [2.75, 3.05) is 0 Å². The van der Waals surface area contributed by atoms with Crippen molar-refractivity contribution in [3.8, 4) is 67.0 Å². The summed E-state index contributed by atoms with van der Waals surface area (Å²) in [5, 5.41) is 4.92. The minimum absolute atomic E-state index is 1.14. The molecule has 0 saturated carbocycles. The monoisotopic (exact) mass is 788 g/mol. The van der Waals surface area contributed by atoms with E-state index in [1.165, 1.54) is 71.5 Å². The van der Waals surface area contributed by atoms with Crippen LogP contribution in [0.15, 0.2) is 243 Å². The molecule has 2 nitrogen and oxygen atoms in total. The summed E-state index contributed by atoms with van der Waals surface area (Å²) in [5.41, 5.74) is 18.8. The minimum atomic E-state index is 1.14. The molecule has 0 fully saturated rings. The van der Waals surface area contributed by atoms with Crippen LogP contribution in [-0.2, 0) is 0 Å². The van der Waals surface area contributed by atoms with Crippen LogP contribution in [0, 0.1) is 0 Å². The Bertz CT molecular complexity index is 3490. The van der Waals surface area contributed by atoms with E-state index in [9.17, 15) is 0 Å². The lowest BCUT2D eigenvalue weighted by Crippen LogP contribution is -2.01. The van der Waals surface area contributed by atoms with Crippen LogP contribution in [0.1, 0.15) is 0 Å². The lowest BCUT2D eigenvalue weighted by molar-refractivity contribution is 1.18. The van der Waals surface area contributed by atoms with Crippen molar-refractivity contribution in [2.24, 2.45) is 0 Å². The molecule has 0 N–H and O–H groups in total. The van der Waals surface area contributed by atoms with Gasteiger partial charge in [-0.2, -0.15) is 0 Å². The SMILES string of the molecule is c1ccc(-c2cc(-c3ccc4c5ccccc5n(-c5ccccc5)c4c3)c(-c3ccccc3)c(-n3c4ccc(-c5ccccc5)cc4c4cc(-c5ccccc5)ccc43)c2)cc1. The molecule has 0 aliphatic heterocycles. The summed E-state index contributed by atoms with van der Waals surface area (Å²) >= 11 is 0. The van der Waals surface area contributed by atoms with Gasteiger partial charge in [0.05, 0.1) is 27.8 Å². The fourth-order valence-electron chi connectivity index (χ4n) is 9.63.